The van der Waals surface area contributed by atoms with Crippen LogP contribution in [-0.4, -0.2) is 31.2 Å². The van der Waals surface area contributed by atoms with Gasteiger partial charge in [-0.3, -0.25) is 4.79 Å². The van der Waals surface area contributed by atoms with Gasteiger partial charge in [0.15, 0.2) is 0 Å². The Hall–Kier alpha value is -2.80. The number of aromatic amines is 1. The zero-order valence-corrected chi connectivity index (χ0v) is 15.3. The van der Waals surface area contributed by atoms with E-state index in [4.69, 9.17) is 4.74 Å². The summed E-state index contributed by atoms with van der Waals surface area (Å²) in [4.78, 5) is 15.6. The molecule has 1 aromatic heterocycles. The van der Waals surface area contributed by atoms with Crippen LogP contribution in [0, 0.1) is 0 Å². The summed E-state index contributed by atoms with van der Waals surface area (Å²) in [5.74, 6) is -0.759. The van der Waals surface area contributed by atoms with Crippen LogP contribution < -0.4 is 5.32 Å². The molecule has 0 saturated carbocycles. The number of hydrogen-bond acceptors (Lipinski definition) is 2. The molecule has 0 spiro atoms. The van der Waals surface area contributed by atoms with Gasteiger partial charge in [-0.2, -0.15) is 13.2 Å². The summed E-state index contributed by atoms with van der Waals surface area (Å²) < 4.78 is 44.5. The first kappa shape index (κ1) is 19.9. The highest BCUT2D eigenvalue weighted by Gasteiger charge is 2.31. The third kappa shape index (κ3) is 4.54. The molecule has 0 aliphatic rings. The summed E-state index contributed by atoms with van der Waals surface area (Å²) in [6, 6.07) is 12.7. The van der Waals surface area contributed by atoms with Crippen LogP contribution in [0.15, 0.2) is 54.7 Å². The molecule has 0 aliphatic heterocycles. The molecule has 2 N–H and O–H groups in total. The monoisotopic (exact) mass is 390 g/mol. The third-order valence-corrected chi connectivity index (χ3v) is 4.63. The van der Waals surface area contributed by atoms with E-state index in [1.807, 2.05) is 24.3 Å². The first-order valence-corrected chi connectivity index (χ1v) is 8.89. The van der Waals surface area contributed by atoms with Crippen LogP contribution in [0.3, 0.4) is 0 Å². The Bertz CT molecular complexity index is 950. The number of para-hydroxylation sites is 1. The number of alkyl halides is 3. The molecule has 1 unspecified atom stereocenters. The van der Waals surface area contributed by atoms with Gasteiger partial charge in [0.1, 0.15) is 0 Å². The predicted octanol–water partition coefficient (Wildman–Crippen LogP) is 4.47. The summed E-state index contributed by atoms with van der Waals surface area (Å²) in [6.07, 6.45) is -2.65. The lowest BCUT2D eigenvalue weighted by molar-refractivity contribution is -0.137. The maximum atomic E-state index is 13.2. The number of benzene rings is 2. The van der Waals surface area contributed by atoms with E-state index >= 15 is 0 Å². The fourth-order valence-electron chi connectivity index (χ4n) is 3.27. The van der Waals surface area contributed by atoms with Crippen LogP contribution in [-0.2, 0) is 15.7 Å². The van der Waals surface area contributed by atoms with E-state index in [1.165, 1.54) is 13.2 Å². The van der Waals surface area contributed by atoms with Crippen molar-refractivity contribution in [2.45, 2.75) is 18.5 Å². The highest BCUT2D eigenvalue weighted by molar-refractivity contribution is 5.86. The van der Waals surface area contributed by atoms with Gasteiger partial charge < -0.3 is 15.0 Å². The van der Waals surface area contributed by atoms with E-state index in [9.17, 15) is 18.0 Å². The molecule has 0 aliphatic carbocycles. The second-order valence-electron chi connectivity index (χ2n) is 6.51. The van der Waals surface area contributed by atoms with Crippen LogP contribution in [0.25, 0.3) is 10.9 Å². The number of ether oxygens (including phenoxy) is 1. The molecule has 1 amide bonds. The van der Waals surface area contributed by atoms with Crippen LogP contribution in [0.4, 0.5) is 13.2 Å². The fourth-order valence-corrected chi connectivity index (χ4v) is 3.27. The fraction of sp³-hybridized carbons (Fsp3) is 0.286. The highest BCUT2D eigenvalue weighted by atomic mass is 19.4. The molecule has 1 heterocycles. The maximum absolute atomic E-state index is 13.2. The van der Waals surface area contributed by atoms with Gasteiger partial charge in [0.25, 0.3) is 0 Å². The Morgan fingerprint density at radius 2 is 1.96 bits per heavy atom. The van der Waals surface area contributed by atoms with E-state index in [1.54, 1.807) is 12.3 Å². The van der Waals surface area contributed by atoms with E-state index in [0.29, 0.717) is 18.7 Å². The van der Waals surface area contributed by atoms with Crippen molar-refractivity contribution >= 4 is 16.8 Å². The van der Waals surface area contributed by atoms with Gasteiger partial charge in [0.05, 0.1) is 12.2 Å². The average molecular weight is 390 g/mol. The van der Waals surface area contributed by atoms with Gasteiger partial charge in [-0.05, 0) is 23.3 Å². The molecule has 0 fully saturated rings. The highest BCUT2D eigenvalue weighted by Crippen LogP contribution is 2.36. The lowest BCUT2D eigenvalue weighted by Crippen LogP contribution is -2.28. The SMILES string of the molecule is COCCNC(=O)CC(c1cccc(C(F)(F)F)c1)c1c[nH]c2ccccc12. The Kier molecular flexibility index (Phi) is 6.04. The lowest BCUT2D eigenvalue weighted by atomic mass is 9.87. The van der Waals surface area contributed by atoms with Crippen LogP contribution in [0.2, 0.25) is 0 Å². The number of aromatic nitrogens is 1. The molecule has 7 heteroatoms. The molecule has 28 heavy (non-hydrogen) atoms. The number of nitrogens with one attached hydrogen (secondary N) is 2. The number of fused-ring (bicyclic) bond motifs is 1. The average Bonchev–Trinajstić information content (AvgIpc) is 3.10. The quantitative estimate of drug-likeness (QED) is 0.585. The summed E-state index contributed by atoms with van der Waals surface area (Å²) >= 11 is 0. The van der Waals surface area contributed by atoms with Crippen molar-refractivity contribution in [2.24, 2.45) is 0 Å². The van der Waals surface area contributed by atoms with Crippen LogP contribution >= 0.6 is 0 Å². The predicted molar refractivity (Wildman–Crippen MR) is 101 cm³/mol. The molecule has 0 bridgehead atoms. The third-order valence-electron chi connectivity index (χ3n) is 4.63. The Labute approximate surface area is 160 Å². The number of rotatable bonds is 7. The van der Waals surface area contributed by atoms with Gasteiger partial charge >= 0.3 is 6.18 Å². The molecule has 4 nitrogen and oxygen atoms in total. The molecular weight excluding hydrogens is 369 g/mol. The maximum Gasteiger partial charge on any atom is 0.416 e. The number of halogens is 3. The number of carbonyl (C=O) groups excluding carboxylic acids is 1. The summed E-state index contributed by atoms with van der Waals surface area (Å²) in [6.45, 7) is 0.714. The minimum Gasteiger partial charge on any atom is -0.383 e. The largest absolute Gasteiger partial charge is 0.416 e. The number of methoxy groups -OCH3 is 1. The van der Waals surface area contributed by atoms with Gasteiger partial charge in [0, 0.05) is 43.1 Å². The molecule has 3 rings (SSSR count). The van der Waals surface area contributed by atoms with Crippen molar-refractivity contribution in [1.82, 2.24) is 10.3 Å². The van der Waals surface area contributed by atoms with Crippen molar-refractivity contribution < 1.29 is 22.7 Å². The topological polar surface area (TPSA) is 54.1 Å². The van der Waals surface area contributed by atoms with E-state index < -0.39 is 17.7 Å². The van der Waals surface area contributed by atoms with Crippen molar-refractivity contribution in [3.8, 4) is 0 Å². The van der Waals surface area contributed by atoms with E-state index in [-0.39, 0.29) is 12.3 Å². The molecular formula is C21H21F3N2O2. The molecule has 148 valence electrons. The number of hydrogen-bond donors (Lipinski definition) is 2. The van der Waals surface area contributed by atoms with Crippen molar-refractivity contribution in [2.75, 3.05) is 20.3 Å². The summed E-state index contributed by atoms with van der Waals surface area (Å²) in [5.41, 5.74) is 1.38. The molecule has 0 saturated heterocycles. The first-order valence-electron chi connectivity index (χ1n) is 8.89. The van der Waals surface area contributed by atoms with Gasteiger partial charge in [0.2, 0.25) is 5.91 Å². The van der Waals surface area contributed by atoms with Crippen LogP contribution in [0.1, 0.15) is 29.0 Å². The standard InChI is InChI=1S/C21H21F3N2O2/c1-28-10-9-25-20(27)12-17(14-5-4-6-15(11-14)21(22,23)24)18-13-26-19-8-3-2-7-16(18)19/h2-8,11,13,17,26H,9-10,12H2,1H3,(H,25,27). The summed E-state index contributed by atoms with van der Waals surface area (Å²) in [7, 11) is 1.53. The van der Waals surface area contributed by atoms with Gasteiger partial charge in [-0.15, -0.1) is 0 Å². The Morgan fingerprint density at radius 1 is 1.18 bits per heavy atom. The minimum absolute atomic E-state index is 0.0346. The van der Waals surface area contributed by atoms with E-state index in [0.717, 1.165) is 28.6 Å². The van der Waals surface area contributed by atoms with Crippen LogP contribution in [0.5, 0.6) is 0 Å². The zero-order valence-electron chi connectivity index (χ0n) is 15.3. The number of carbonyl (C=O) groups is 1. The molecule has 1 atom stereocenters. The van der Waals surface area contributed by atoms with Crippen molar-refractivity contribution in [3.63, 3.8) is 0 Å². The molecule has 3 aromatic rings. The first-order chi connectivity index (χ1) is 13.4. The molecule has 2 aromatic carbocycles. The van der Waals surface area contributed by atoms with E-state index in [2.05, 4.69) is 10.3 Å². The van der Waals surface area contributed by atoms with Crippen molar-refractivity contribution in [1.29, 1.82) is 0 Å². The molecule has 0 radical (unpaired) electrons. The second kappa shape index (κ2) is 8.48. The van der Waals surface area contributed by atoms with Crippen molar-refractivity contribution in [3.05, 3.63) is 71.4 Å². The number of H-pyrrole nitrogens is 1. The normalized spacial score (nSPS) is 12.9. The lowest BCUT2D eigenvalue weighted by Gasteiger charge is -2.19. The second-order valence-corrected chi connectivity index (χ2v) is 6.51. The Morgan fingerprint density at radius 3 is 2.71 bits per heavy atom. The Balaban J connectivity index is 1.99. The smallest absolute Gasteiger partial charge is 0.383 e. The number of amides is 1. The van der Waals surface area contributed by atoms with Gasteiger partial charge in [-0.25, -0.2) is 0 Å². The van der Waals surface area contributed by atoms with Gasteiger partial charge in [-0.1, -0.05) is 36.4 Å². The zero-order chi connectivity index (χ0) is 20.1. The summed E-state index contributed by atoms with van der Waals surface area (Å²) in [5, 5.41) is 3.63. The minimum atomic E-state index is -4.44.